The first-order valence-corrected chi connectivity index (χ1v) is 13.2. The maximum atomic E-state index is 14.1. The number of amides is 2. The molecule has 0 bridgehead atoms. The summed E-state index contributed by atoms with van der Waals surface area (Å²) >= 11 is 0. The van der Waals surface area contributed by atoms with Crippen molar-refractivity contribution in [2.24, 2.45) is 11.1 Å². The monoisotopic (exact) mass is 495 g/mol. The smallest absolute Gasteiger partial charge is 0.252 e. The first kappa shape index (κ1) is 23.5. The van der Waals surface area contributed by atoms with Crippen molar-refractivity contribution in [1.29, 1.82) is 0 Å². The normalized spacial score (nSPS) is 20.5. The Kier molecular flexibility index (Phi) is 5.66. The molecule has 2 aliphatic rings. The summed E-state index contributed by atoms with van der Waals surface area (Å²) in [5.74, 6) is 0.971. The van der Waals surface area contributed by atoms with E-state index in [0.29, 0.717) is 23.5 Å². The Morgan fingerprint density at radius 1 is 1.05 bits per heavy atom. The van der Waals surface area contributed by atoms with Crippen molar-refractivity contribution < 1.29 is 9.59 Å². The highest BCUT2D eigenvalue weighted by molar-refractivity contribution is 6.18. The molecule has 1 unspecified atom stereocenters. The highest BCUT2D eigenvalue weighted by atomic mass is 16.2. The van der Waals surface area contributed by atoms with Crippen molar-refractivity contribution >= 4 is 45.1 Å². The van der Waals surface area contributed by atoms with Crippen LogP contribution in [0.25, 0.3) is 21.8 Å². The van der Waals surface area contributed by atoms with Crippen LogP contribution in [0.2, 0.25) is 0 Å². The molecule has 2 saturated heterocycles. The first-order valence-electron chi connectivity index (χ1n) is 13.2. The van der Waals surface area contributed by atoms with Gasteiger partial charge in [-0.3, -0.25) is 9.59 Å². The Bertz CT molecular complexity index is 1500. The average Bonchev–Trinajstić information content (AvgIpc) is 3.29. The maximum Gasteiger partial charge on any atom is 0.252 e. The molecule has 190 valence electrons. The molecule has 7 heteroatoms. The fourth-order valence-electron chi connectivity index (χ4n) is 6.30. The van der Waals surface area contributed by atoms with Gasteiger partial charge >= 0.3 is 0 Å². The summed E-state index contributed by atoms with van der Waals surface area (Å²) in [6.07, 6.45) is 5.21. The number of primary amides is 1. The van der Waals surface area contributed by atoms with E-state index in [1.807, 2.05) is 29.2 Å². The molecule has 2 aromatic carbocycles. The zero-order chi connectivity index (χ0) is 25.7. The van der Waals surface area contributed by atoms with Crippen LogP contribution in [0.3, 0.4) is 0 Å². The molecule has 0 radical (unpaired) electrons. The molecule has 2 fully saturated rings. The lowest BCUT2D eigenvalue weighted by atomic mass is 9.72. The number of carbonyl (C=O) groups excluding carboxylic acids is 2. The molecule has 2 amide bonds. The predicted molar refractivity (Wildman–Crippen MR) is 148 cm³/mol. The zero-order valence-corrected chi connectivity index (χ0v) is 21.5. The number of hydrogen-bond donors (Lipinski definition) is 2. The molecule has 6 rings (SSSR count). The van der Waals surface area contributed by atoms with Crippen LogP contribution in [0.15, 0.2) is 54.7 Å². The number of pyridine rings is 1. The summed E-state index contributed by atoms with van der Waals surface area (Å²) in [5.41, 5.74) is 9.53. The number of benzene rings is 2. The van der Waals surface area contributed by atoms with Crippen molar-refractivity contribution in [2.75, 3.05) is 29.4 Å². The van der Waals surface area contributed by atoms with Crippen LogP contribution in [-0.4, -0.2) is 41.4 Å². The Morgan fingerprint density at radius 3 is 2.51 bits per heavy atom. The third-order valence-corrected chi connectivity index (χ3v) is 8.26. The minimum Gasteiger partial charge on any atom is -0.365 e. The van der Waals surface area contributed by atoms with Crippen LogP contribution in [0.4, 0.5) is 11.5 Å². The van der Waals surface area contributed by atoms with Gasteiger partial charge in [0.25, 0.3) is 5.91 Å². The number of carbonyl (C=O) groups is 2. The second kappa shape index (κ2) is 8.91. The van der Waals surface area contributed by atoms with Crippen molar-refractivity contribution in [1.82, 2.24) is 9.97 Å². The number of fused-ring (bicyclic) bond motifs is 3. The number of anilines is 2. The fourth-order valence-corrected chi connectivity index (χ4v) is 6.30. The lowest BCUT2D eigenvalue weighted by Crippen LogP contribution is -2.56. The van der Waals surface area contributed by atoms with Crippen molar-refractivity contribution in [3.63, 3.8) is 0 Å². The van der Waals surface area contributed by atoms with E-state index in [0.717, 1.165) is 66.6 Å². The zero-order valence-electron chi connectivity index (χ0n) is 21.5. The van der Waals surface area contributed by atoms with Crippen molar-refractivity contribution in [2.45, 2.75) is 45.4 Å². The highest BCUT2D eigenvalue weighted by Crippen LogP contribution is 2.44. The van der Waals surface area contributed by atoms with E-state index in [1.54, 1.807) is 6.20 Å². The van der Waals surface area contributed by atoms with E-state index in [-0.39, 0.29) is 5.91 Å². The van der Waals surface area contributed by atoms with Crippen LogP contribution < -0.4 is 15.5 Å². The van der Waals surface area contributed by atoms with Gasteiger partial charge in [-0.15, -0.1) is 0 Å². The van der Waals surface area contributed by atoms with E-state index in [1.165, 1.54) is 5.56 Å². The molecule has 2 aromatic heterocycles. The molecular weight excluding hydrogens is 462 g/mol. The second-order valence-corrected chi connectivity index (χ2v) is 10.9. The lowest BCUT2D eigenvalue weighted by Gasteiger charge is -2.47. The molecule has 37 heavy (non-hydrogen) atoms. The molecule has 7 nitrogen and oxygen atoms in total. The molecule has 2 aliphatic heterocycles. The van der Waals surface area contributed by atoms with E-state index < -0.39 is 11.3 Å². The van der Waals surface area contributed by atoms with E-state index in [2.05, 4.69) is 48.0 Å². The lowest BCUT2D eigenvalue weighted by molar-refractivity contribution is -0.131. The van der Waals surface area contributed by atoms with Gasteiger partial charge < -0.3 is 20.5 Å². The number of H-pyrrole nitrogens is 1. The first-order chi connectivity index (χ1) is 17.9. The number of aromatic amines is 1. The van der Waals surface area contributed by atoms with Gasteiger partial charge in [-0.2, -0.15) is 0 Å². The largest absolute Gasteiger partial charge is 0.365 e. The van der Waals surface area contributed by atoms with E-state index in [4.69, 9.17) is 10.7 Å². The van der Waals surface area contributed by atoms with Gasteiger partial charge in [-0.1, -0.05) is 44.2 Å². The Hall–Kier alpha value is -3.87. The third-order valence-electron chi connectivity index (χ3n) is 8.26. The van der Waals surface area contributed by atoms with Crippen LogP contribution in [0.5, 0.6) is 0 Å². The van der Waals surface area contributed by atoms with Gasteiger partial charge in [0.2, 0.25) is 5.91 Å². The molecular formula is C30H33N5O2. The maximum absolute atomic E-state index is 14.1. The molecule has 0 aliphatic carbocycles. The number of nitrogens with zero attached hydrogens (tertiary/aromatic N) is 3. The quantitative estimate of drug-likeness (QED) is 0.399. The number of rotatable bonds is 4. The van der Waals surface area contributed by atoms with Gasteiger partial charge in [-0.25, -0.2) is 4.98 Å². The number of nitrogens with two attached hydrogens (primary N) is 1. The molecule has 0 saturated carbocycles. The van der Waals surface area contributed by atoms with Crippen molar-refractivity contribution in [3.05, 3.63) is 65.9 Å². The average molecular weight is 496 g/mol. The van der Waals surface area contributed by atoms with Crippen LogP contribution in [0, 0.1) is 5.41 Å². The van der Waals surface area contributed by atoms with Crippen LogP contribution >= 0.6 is 0 Å². The summed E-state index contributed by atoms with van der Waals surface area (Å²) in [5, 5.41) is 1.90. The van der Waals surface area contributed by atoms with Gasteiger partial charge in [0.1, 0.15) is 5.82 Å². The Morgan fingerprint density at radius 2 is 1.78 bits per heavy atom. The number of aromatic nitrogens is 2. The second-order valence-electron chi connectivity index (χ2n) is 10.9. The van der Waals surface area contributed by atoms with Gasteiger partial charge in [0.05, 0.1) is 21.9 Å². The van der Waals surface area contributed by atoms with E-state index in [9.17, 15) is 9.59 Å². The molecule has 1 spiro atoms. The summed E-state index contributed by atoms with van der Waals surface area (Å²) in [6.45, 7) is 6.54. The topological polar surface area (TPSA) is 95.3 Å². The summed E-state index contributed by atoms with van der Waals surface area (Å²) in [4.78, 5) is 38.7. The number of hydrogen-bond acceptors (Lipinski definition) is 4. The fraction of sp³-hybridized carbons (Fsp3) is 0.367. The standard InChI is InChI=1S/C30H33N5O2/c1-19(2)20-9-11-21(12-10-20)35-16-6-14-30(29(35)37)13-5-15-34(18-30)28-25-22-7-3-4-8-24(22)33-26(25)23(17-32-28)27(31)36/h3-4,7-12,17,19,33H,5-6,13-16,18H2,1-2H3,(H2,31,36). The van der Waals surface area contributed by atoms with Gasteiger partial charge in [-0.05, 0) is 55.4 Å². The number of nitrogens with one attached hydrogen (secondary N) is 1. The third kappa shape index (κ3) is 3.84. The Labute approximate surface area is 216 Å². The Balaban J connectivity index is 1.38. The summed E-state index contributed by atoms with van der Waals surface area (Å²) in [7, 11) is 0. The molecule has 4 aromatic rings. The summed E-state index contributed by atoms with van der Waals surface area (Å²) in [6, 6.07) is 16.4. The molecule has 4 heterocycles. The molecule has 1 atom stereocenters. The SMILES string of the molecule is CC(C)c1ccc(N2CCCC3(CCCN(c4ncc(C(N)=O)c5[nH]c6ccccc6c45)C3)C2=O)cc1. The predicted octanol–water partition coefficient (Wildman–Crippen LogP) is 5.35. The van der Waals surface area contributed by atoms with Gasteiger partial charge in [0, 0.05) is 42.4 Å². The summed E-state index contributed by atoms with van der Waals surface area (Å²) < 4.78 is 0. The van der Waals surface area contributed by atoms with Crippen LogP contribution in [0.1, 0.15) is 61.4 Å². The number of para-hydroxylation sites is 1. The van der Waals surface area contributed by atoms with Crippen molar-refractivity contribution in [3.8, 4) is 0 Å². The number of piperidine rings is 2. The highest BCUT2D eigenvalue weighted by Gasteiger charge is 2.47. The minimum absolute atomic E-state index is 0.213. The minimum atomic E-state index is -0.507. The molecule has 3 N–H and O–H groups in total. The van der Waals surface area contributed by atoms with Gasteiger partial charge in [0.15, 0.2) is 0 Å². The van der Waals surface area contributed by atoms with Crippen LogP contribution in [-0.2, 0) is 4.79 Å². The van der Waals surface area contributed by atoms with E-state index >= 15 is 0 Å².